The van der Waals surface area contributed by atoms with Crippen LogP contribution in [0.3, 0.4) is 0 Å². The van der Waals surface area contributed by atoms with Crippen LogP contribution in [0.1, 0.15) is 19.8 Å². The van der Waals surface area contributed by atoms with E-state index in [0.717, 1.165) is 32.6 Å². The molecule has 0 radical (unpaired) electrons. The van der Waals surface area contributed by atoms with Gasteiger partial charge < -0.3 is 19.5 Å². The molecule has 0 aromatic heterocycles. The summed E-state index contributed by atoms with van der Waals surface area (Å²) in [4.78, 5) is 0. The minimum atomic E-state index is 0.213. The van der Waals surface area contributed by atoms with E-state index in [1.165, 1.54) is 0 Å². The first-order valence-electron chi connectivity index (χ1n) is 5.84. The third-order valence-corrected chi connectivity index (χ3v) is 3.24. The van der Waals surface area contributed by atoms with Crippen molar-refractivity contribution in [3.8, 4) is 0 Å². The van der Waals surface area contributed by atoms with Gasteiger partial charge in [0.25, 0.3) is 0 Å². The number of hydrogen-bond donors (Lipinski definition) is 1. The molecule has 2 aliphatic rings. The zero-order chi connectivity index (χ0) is 10.7. The predicted octanol–water partition coefficient (Wildman–Crippen LogP) is 0.557. The van der Waals surface area contributed by atoms with Crippen LogP contribution in [0, 0.1) is 0 Å². The number of rotatable bonds is 5. The van der Waals surface area contributed by atoms with Crippen LogP contribution in [0.4, 0.5) is 0 Å². The Balaban J connectivity index is 1.74. The zero-order valence-corrected chi connectivity index (χ0v) is 9.57. The number of hydrogen-bond acceptors (Lipinski definition) is 4. The SMILES string of the molecule is CCNC1CC(OC2CCOC2)C1OC. The average molecular weight is 215 g/mol. The Morgan fingerprint density at radius 1 is 1.47 bits per heavy atom. The lowest BCUT2D eigenvalue weighted by Gasteiger charge is -2.44. The lowest BCUT2D eigenvalue weighted by molar-refractivity contribution is -0.156. The molecular formula is C11H21NO3. The highest BCUT2D eigenvalue weighted by atomic mass is 16.6. The molecule has 2 rings (SSSR count). The van der Waals surface area contributed by atoms with Crippen molar-refractivity contribution in [1.82, 2.24) is 5.32 Å². The summed E-state index contributed by atoms with van der Waals surface area (Å²) in [6.45, 7) is 4.69. The van der Waals surface area contributed by atoms with Crippen molar-refractivity contribution in [1.29, 1.82) is 0 Å². The fourth-order valence-electron chi connectivity index (χ4n) is 2.36. The van der Waals surface area contributed by atoms with Crippen molar-refractivity contribution in [2.45, 2.75) is 44.1 Å². The molecule has 0 aromatic rings. The van der Waals surface area contributed by atoms with Crippen LogP contribution in [0.15, 0.2) is 0 Å². The van der Waals surface area contributed by atoms with Gasteiger partial charge in [-0.2, -0.15) is 0 Å². The van der Waals surface area contributed by atoms with Crippen molar-refractivity contribution >= 4 is 0 Å². The van der Waals surface area contributed by atoms with Gasteiger partial charge in [0.1, 0.15) is 0 Å². The maximum Gasteiger partial charge on any atom is 0.0987 e. The molecule has 4 unspecified atom stereocenters. The molecule has 4 nitrogen and oxygen atoms in total. The molecule has 1 saturated carbocycles. The van der Waals surface area contributed by atoms with Crippen LogP contribution in [0.2, 0.25) is 0 Å². The highest BCUT2D eigenvalue weighted by Gasteiger charge is 2.43. The van der Waals surface area contributed by atoms with Gasteiger partial charge in [-0.1, -0.05) is 6.92 Å². The Bertz CT molecular complexity index is 194. The van der Waals surface area contributed by atoms with Gasteiger partial charge in [-0.3, -0.25) is 0 Å². The second-order valence-electron chi connectivity index (χ2n) is 4.26. The molecule has 0 bridgehead atoms. The summed E-state index contributed by atoms with van der Waals surface area (Å²) in [6.07, 6.45) is 2.84. The summed E-state index contributed by atoms with van der Waals surface area (Å²) in [5.74, 6) is 0. The van der Waals surface area contributed by atoms with E-state index < -0.39 is 0 Å². The van der Waals surface area contributed by atoms with Gasteiger partial charge in [-0.05, 0) is 19.4 Å². The molecule has 1 aliphatic heterocycles. The number of likely N-dealkylation sites (N-methyl/N-ethyl adjacent to an activating group) is 1. The molecule has 15 heavy (non-hydrogen) atoms. The summed E-state index contributed by atoms with van der Waals surface area (Å²) < 4.78 is 16.7. The topological polar surface area (TPSA) is 39.7 Å². The second kappa shape index (κ2) is 5.25. The molecule has 4 atom stereocenters. The van der Waals surface area contributed by atoms with Gasteiger partial charge in [-0.15, -0.1) is 0 Å². The molecule has 4 heteroatoms. The Kier molecular flexibility index (Phi) is 3.97. The van der Waals surface area contributed by atoms with Crippen LogP contribution < -0.4 is 5.32 Å². The normalized spacial score (nSPS) is 40.4. The van der Waals surface area contributed by atoms with Crippen molar-refractivity contribution < 1.29 is 14.2 Å². The van der Waals surface area contributed by atoms with E-state index in [1.54, 1.807) is 7.11 Å². The second-order valence-corrected chi connectivity index (χ2v) is 4.26. The fraction of sp³-hybridized carbons (Fsp3) is 1.00. The van der Waals surface area contributed by atoms with E-state index in [9.17, 15) is 0 Å². The van der Waals surface area contributed by atoms with Gasteiger partial charge in [-0.25, -0.2) is 0 Å². The smallest absolute Gasteiger partial charge is 0.0987 e. The van der Waals surface area contributed by atoms with Crippen LogP contribution in [-0.2, 0) is 14.2 Å². The summed E-state index contributed by atoms with van der Waals surface area (Å²) >= 11 is 0. The molecular weight excluding hydrogens is 194 g/mol. The molecule has 1 N–H and O–H groups in total. The summed E-state index contributed by atoms with van der Waals surface area (Å²) in [7, 11) is 1.76. The minimum Gasteiger partial charge on any atom is -0.379 e. The van der Waals surface area contributed by atoms with Gasteiger partial charge >= 0.3 is 0 Å². The highest BCUT2D eigenvalue weighted by Crippen LogP contribution is 2.29. The van der Waals surface area contributed by atoms with Crippen LogP contribution >= 0.6 is 0 Å². The van der Waals surface area contributed by atoms with Crippen molar-refractivity contribution in [2.24, 2.45) is 0 Å². The van der Waals surface area contributed by atoms with Crippen molar-refractivity contribution in [2.75, 3.05) is 26.9 Å². The van der Waals surface area contributed by atoms with Gasteiger partial charge in [0, 0.05) is 19.8 Å². The maximum absolute atomic E-state index is 5.94. The third kappa shape index (κ3) is 2.50. The molecule has 1 aliphatic carbocycles. The molecule has 1 saturated heterocycles. The Morgan fingerprint density at radius 2 is 2.33 bits per heavy atom. The Morgan fingerprint density at radius 3 is 2.93 bits per heavy atom. The van der Waals surface area contributed by atoms with E-state index >= 15 is 0 Å². The number of methoxy groups -OCH3 is 1. The van der Waals surface area contributed by atoms with Crippen LogP contribution in [0.25, 0.3) is 0 Å². The van der Waals surface area contributed by atoms with E-state index in [4.69, 9.17) is 14.2 Å². The Hall–Kier alpha value is -0.160. The highest BCUT2D eigenvalue weighted by molar-refractivity contribution is 4.97. The average Bonchev–Trinajstić information content (AvgIpc) is 2.69. The van der Waals surface area contributed by atoms with Gasteiger partial charge in [0.2, 0.25) is 0 Å². The Labute approximate surface area is 91.3 Å². The molecule has 2 fully saturated rings. The van der Waals surface area contributed by atoms with Gasteiger partial charge in [0.05, 0.1) is 24.9 Å². The largest absolute Gasteiger partial charge is 0.379 e. The quantitative estimate of drug-likeness (QED) is 0.727. The molecule has 0 amide bonds. The molecule has 0 spiro atoms. The monoisotopic (exact) mass is 215 g/mol. The first-order valence-corrected chi connectivity index (χ1v) is 5.84. The first kappa shape index (κ1) is 11.3. The standard InChI is InChI=1S/C11H21NO3/c1-3-12-9-6-10(11(9)13-2)15-8-4-5-14-7-8/h8-12H,3-7H2,1-2H3. The van der Waals surface area contributed by atoms with E-state index in [0.29, 0.717) is 6.04 Å². The molecule has 0 aromatic carbocycles. The van der Waals surface area contributed by atoms with Crippen LogP contribution in [0.5, 0.6) is 0 Å². The van der Waals surface area contributed by atoms with Gasteiger partial charge in [0.15, 0.2) is 0 Å². The lowest BCUT2D eigenvalue weighted by atomic mass is 9.85. The summed E-state index contributed by atoms with van der Waals surface area (Å²) in [5.41, 5.74) is 0. The van der Waals surface area contributed by atoms with E-state index in [1.807, 2.05) is 0 Å². The van der Waals surface area contributed by atoms with E-state index in [2.05, 4.69) is 12.2 Å². The van der Waals surface area contributed by atoms with E-state index in [-0.39, 0.29) is 18.3 Å². The summed E-state index contributed by atoms with van der Waals surface area (Å²) in [6, 6.07) is 0.465. The zero-order valence-electron chi connectivity index (χ0n) is 9.57. The van der Waals surface area contributed by atoms with Crippen molar-refractivity contribution in [3.05, 3.63) is 0 Å². The number of nitrogens with one attached hydrogen (secondary N) is 1. The summed E-state index contributed by atoms with van der Waals surface area (Å²) in [5, 5.41) is 3.40. The molecule has 1 heterocycles. The predicted molar refractivity (Wildman–Crippen MR) is 57.0 cm³/mol. The number of ether oxygens (including phenoxy) is 3. The third-order valence-electron chi connectivity index (χ3n) is 3.24. The first-order chi connectivity index (χ1) is 7.35. The maximum atomic E-state index is 5.94. The van der Waals surface area contributed by atoms with Crippen LogP contribution in [-0.4, -0.2) is 51.2 Å². The van der Waals surface area contributed by atoms with Crippen molar-refractivity contribution in [3.63, 3.8) is 0 Å². The lowest BCUT2D eigenvalue weighted by Crippen LogP contribution is -2.60. The fourth-order valence-corrected chi connectivity index (χ4v) is 2.36. The minimum absolute atomic E-state index is 0.213. The molecule has 88 valence electrons.